The summed E-state index contributed by atoms with van der Waals surface area (Å²) in [5.41, 5.74) is 2.69. The van der Waals surface area contributed by atoms with Gasteiger partial charge in [0.15, 0.2) is 0 Å². The first-order valence-corrected chi connectivity index (χ1v) is 7.75. The molecular weight excluding hydrogens is 292 g/mol. The molecule has 2 atom stereocenters. The zero-order valence-electron chi connectivity index (χ0n) is 14.4. The van der Waals surface area contributed by atoms with Crippen molar-refractivity contribution in [3.63, 3.8) is 0 Å². The molecule has 0 heterocycles. The van der Waals surface area contributed by atoms with Crippen molar-refractivity contribution >= 4 is 5.97 Å². The maximum absolute atomic E-state index is 10.4. The van der Waals surface area contributed by atoms with Crippen LogP contribution in [0.15, 0.2) is 59.3 Å². The highest BCUT2D eigenvalue weighted by Gasteiger charge is 2.11. The van der Waals surface area contributed by atoms with Gasteiger partial charge in [-0.3, -0.25) is 0 Å². The molecule has 4 nitrogen and oxygen atoms in total. The van der Waals surface area contributed by atoms with Crippen LogP contribution in [-0.4, -0.2) is 33.5 Å². The normalized spacial score (nSPS) is 17.0. The minimum Gasteiger partial charge on any atom is -0.478 e. The van der Waals surface area contributed by atoms with Gasteiger partial charge in [-0.05, 0) is 27.2 Å². The molecular formula is C19H28O4. The van der Waals surface area contributed by atoms with Crippen molar-refractivity contribution in [2.24, 2.45) is 0 Å². The van der Waals surface area contributed by atoms with E-state index in [9.17, 15) is 15.0 Å². The Balaban J connectivity index is 4.71. The molecule has 0 radical (unpaired) electrons. The highest BCUT2D eigenvalue weighted by molar-refractivity contribution is 5.80. The number of aliphatic hydroxyl groups excluding tert-OH is 2. The molecule has 0 spiro atoms. The molecule has 128 valence electrons. The highest BCUT2D eigenvalue weighted by atomic mass is 16.4. The number of carbonyl (C=O) groups is 1. The van der Waals surface area contributed by atoms with Crippen molar-refractivity contribution in [1.82, 2.24) is 0 Å². The number of allylic oxidation sites excluding steroid dienone is 8. The standard InChI is InChI=1S/C19H28O4/c1-5-7-17(20)18(21)13-15(3)9-6-8-14(2)12-16(4)10-11-19(22)23/h6,8-13,17-18,20-21H,5,7H2,1-4H3,(H,22,23)/b9-6+,11-10+,14-8+,15-13+,16-12+. The Morgan fingerprint density at radius 3 is 2.22 bits per heavy atom. The summed E-state index contributed by atoms with van der Waals surface area (Å²) < 4.78 is 0. The van der Waals surface area contributed by atoms with E-state index in [2.05, 4.69) is 0 Å². The summed E-state index contributed by atoms with van der Waals surface area (Å²) in [5, 5.41) is 28.1. The van der Waals surface area contributed by atoms with Crippen LogP contribution < -0.4 is 0 Å². The summed E-state index contributed by atoms with van der Waals surface area (Å²) in [5.74, 6) is -0.969. The summed E-state index contributed by atoms with van der Waals surface area (Å²) >= 11 is 0. The van der Waals surface area contributed by atoms with Crippen LogP contribution in [0.25, 0.3) is 0 Å². The second-order valence-corrected chi connectivity index (χ2v) is 5.59. The van der Waals surface area contributed by atoms with Crippen LogP contribution in [0.3, 0.4) is 0 Å². The molecule has 0 saturated heterocycles. The van der Waals surface area contributed by atoms with Gasteiger partial charge in [0.25, 0.3) is 0 Å². The predicted octanol–water partition coefficient (Wildman–Crippen LogP) is 3.54. The largest absolute Gasteiger partial charge is 0.478 e. The molecule has 0 aromatic carbocycles. The number of aliphatic carboxylic acids is 1. The van der Waals surface area contributed by atoms with E-state index in [-0.39, 0.29) is 0 Å². The summed E-state index contributed by atoms with van der Waals surface area (Å²) in [6.45, 7) is 7.57. The van der Waals surface area contributed by atoms with Gasteiger partial charge in [-0.1, -0.05) is 66.5 Å². The van der Waals surface area contributed by atoms with E-state index in [1.54, 1.807) is 12.2 Å². The molecule has 0 aromatic heterocycles. The van der Waals surface area contributed by atoms with E-state index in [1.165, 1.54) is 0 Å². The number of aliphatic hydroxyl groups is 2. The molecule has 23 heavy (non-hydrogen) atoms. The maximum atomic E-state index is 10.4. The number of carboxylic acid groups (broad SMARTS) is 1. The quantitative estimate of drug-likeness (QED) is 0.448. The third-order valence-electron chi connectivity index (χ3n) is 3.07. The fourth-order valence-corrected chi connectivity index (χ4v) is 1.91. The summed E-state index contributed by atoms with van der Waals surface area (Å²) in [4.78, 5) is 10.4. The van der Waals surface area contributed by atoms with Crippen molar-refractivity contribution in [1.29, 1.82) is 0 Å². The molecule has 0 aromatic rings. The van der Waals surface area contributed by atoms with Gasteiger partial charge in [0.1, 0.15) is 0 Å². The van der Waals surface area contributed by atoms with E-state index < -0.39 is 18.2 Å². The molecule has 0 amide bonds. The minimum atomic E-state index is -0.969. The number of carboxylic acids is 1. The van der Waals surface area contributed by atoms with Gasteiger partial charge in [0.2, 0.25) is 0 Å². The first kappa shape index (κ1) is 21.1. The number of hydrogen-bond acceptors (Lipinski definition) is 3. The fourth-order valence-electron chi connectivity index (χ4n) is 1.91. The molecule has 0 saturated carbocycles. The molecule has 0 bridgehead atoms. The van der Waals surface area contributed by atoms with Gasteiger partial charge in [-0.25, -0.2) is 4.79 Å². The van der Waals surface area contributed by atoms with Gasteiger partial charge in [-0.2, -0.15) is 0 Å². The van der Waals surface area contributed by atoms with Crippen LogP contribution in [0.4, 0.5) is 0 Å². The Bertz CT molecular complexity index is 521. The molecule has 0 aliphatic carbocycles. The fraction of sp³-hybridized carbons (Fsp3) is 0.421. The van der Waals surface area contributed by atoms with Crippen LogP contribution in [0.1, 0.15) is 40.5 Å². The van der Waals surface area contributed by atoms with E-state index in [4.69, 9.17) is 5.11 Å². The molecule has 0 rings (SSSR count). The smallest absolute Gasteiger partial charge is 0.328 e. The number of rotatable bonds is 9. The lowest BCUT2D eigenvalue weighted by molar-refractivity contribution is -0.131. The van der Waals surface area contributed by atoms with Gasteiger partial charge in [-0.15, -0.1) is 0 Å². The maximum Gasteiger partial charge on any atom is 0.328 e. The van der Waals surface area contributed by atoms with Gasteiger partial charge < -0.3 is 15.3 Å². The Kier molecular flexibility index (Phi) is 10.7. The lowest BCUT2D eigenvalue weighted by atomic mass is 10.1. The van der Waals surface area contributed by atoms with Crippen molar-refractivity contribution < 1.29 is 20.1 Å². The van der Waals surface area contributed by atoms with Crippen LogP contribution >= 0.6 is 0 Å². The van der Waals surface area contributed by atoms with Crippen LogP contribution in [0.2, 0.25) is 0 Å². The molecule has 0 aliphatic heterocycles. The second-order valence-electron chi connectivity index (χ2n) is 5.59. The summed E-state index contributed by atoms with van der Waals surface area (Å²) in [6, 6.07) is 0. The molecule has 4 heteroatoms. The van der Waals surface area contributed by atoms with Crippen molar-refractivity contribution in [3.8, 4) is 0 Å². The van der Waals surface area contributed by atoms with Crippen LogP contribution in [0.5, 0.6) is 0 Å². The second kappa shape index (κ2) is 11.6. The topological polar surface area (TPSA) is 77.8 Å². The summed E-state index contributed by atoms with van der Waals surface area (Å²) in [6.07, 6.45) is 11.6. The Hall–Kier alpha value is -1.91. The average molecular weight is 320 g/mol. The average Bonchev–Trinajstić information content (AvgIpc) is 2.45. The van der Waals surface area contributed by atoms with E-state index >= 15 is 0 Å². The summed E-state index contributed by atoms with van der Waals surface area (Å²) in [7, 11) is 0. The molecule has 3 N–H and O–H groups in total. The minimum absolute atomic E-state index is 0.571. The third kappa shape index (κ3) is 11.3. The van der Waals surface area contributed by atoms with Gasteiger partial charge in [0, 0.05) is 6.08 Å². The SMILES string of the molecule is CCCC(O)C(O)/C=C(C)/C=C/C=C(C)/C=C(C)/C=C/C(=O)O. The third-order valence-corrected chi connectivity index (χ3v) is 3.07. The van der Waals surface area contributed by atoms with Crippen molar-refractivity contribution in [2.75, 3.05) is 0 Å². The lowest BCUT2D eigenvalue weighted by Crippen LogP contribution is -2.23. The highest BCUT2D eigenvalue weighted by Crippen LogP contribution is 2.08. The zero-order chi connectivity index (χ0) is 17.8. The van der Waals surface area contributed by atoms with Crippen LogP contribution in [-0.2, 0) is 4.79 Å². The first-order chi connectivity index (χ1) is 10.8. The first-order valence-electron chi connectivity index (χ1n) is 7.75. The molecule has 2 unspecified atom stereocenters. The van der Waals surface area contributed by atoms with Gasteiger partial charge >= 0.3 is 5.97 Å². The van der Waals surface area contributed by atoms with E-state index in [0.717, 1.165) is 29.2 Å². The molecule has 0 aliphatic rings. The van der Waals surface area contributed by atoms with E-state index in [0.29, 0.717) is 6.42 Å². The van der Waals surface area contributed by atoms with Gasteiger partial charge in [0.05, 0.1) is 12.2 Å². The van der Waals surface area contributed by atoms with Crippen molar-refractivity contribution in [3.05, 3.63) is 59.3 Å². The van der Waals surface area contributed by atoms with Crippen LogP contribution in [0, 0.1) is 0 Å². The monoisotopic (exact) mass is 320 g/mol. The lowest BCUT2D eigenvalue weighted by Gasteiger charge is -2.13. The number of hydrogen-bond donors (Lipinski definition) is 3. The zero-order valence-corrected chi connectivity index (χ0v) is 14.4. The Labute approximate surface area is 138 Å². The Morgan fingerprint density at radius 2 is 1.65 bits per heavy atom. The van der Waals surface area contributed by atoms with Crippen molar-refractivity contribution in [2.45, 2.75) is 52.7 Å². The Morgan fingerprint density at radius 1 is 1.00 bits per heavy atom. The molecule has 0 fully saturated rings. The van der Waals surface area contributed by atoms with E-state index in [1.807, 2.05) is 52.0 Å². The predicted molar refractivity (Wildman–Crippen MR) is 94.1 cm³/mol.